The van der Waals surface area contributed by atoms with Crippen molar-refractivity contribution in [3.63, 3.8) is 0 Å². The normalized spacial score (nSPS) is 6.81. The maximum Gasteiger partial charge on any atom is 4.00 e. The minimum absolute atomic E-state index is 0. The van der Waals surface area contributed by atoms with Crippen LogP contribution in [0.25, 0.3) is 0 Å². The molecule has 8 heteroatoms. The molecule has 0 aromatic carbocycles. The van der Waals surface area contributed by atoms with E-state index < -0.39 is 12.3 Å². The molecular formula is C8H13NO6Pt. The minimum atomic E-state index is -2.33. The van der Waals surface area contributed by atoms with Gasteiger partial charge in [-0.05, 0) is 31.4 Å². The van der Waals surface area contributed by atoms with E-state index in [0.717, 1.165) is 6.42 Å². The summed E-state index contributed by atoms with van der Waals surface area (Å²) < 4.78 is 0. The van der Waals surface area contributed by atoms with Crippen molar-refractivity contribution in [3.05, 3.63) is 0 Å². The van der Waals surface area contributed by atoms with Crippen molar-refractivity contribution in [2.75, 3.05) is 0 Å². The molecule has 16 heavy (non-hydrogen) atoms. The first-order valence-electron chi connectivity index (χ1n) is 4.13. The number of hydrogen-bond donors (Lipinski definition) is 1. The molecular weight excluding hydrogens is 401 g/mol. The Labute approximate surface area is 108 Å². The van der Waals surface area contributed by atoms with Crippen LogP contribution in [-0.4, -0.2) is 18.5 Å². The van der Waals surface area contributed by atoms with Gasteiger partial charge in [0.2, 0.25) is 0 Å². The van der Waals surface area contributed by atoms with Crippen LogP contribution in [0.5, 0.6) is 0 Å². The molecule has 96 valence electrons. The number of carbonyl (C=O) groups is 2. The van der Waals surface area contributed by atoms with Crippen LogP contribution in [0.15, 0.2) is 0 Å². The second kappa shape index (κ2) is 23.6. The third-order valence-corrected chi connectivity index (χ3v) is 0.952. The molecule has 0 rings (SSSR count). The van der Waals surface area contributed by atoms with Crippen molar-refractivity contribution in [1.82, 2.24) is 0 Å². The Morgan fingerprint density at radius 3 is 1.56 bits per heavy atom. The average Bonchev–Trinajstić information content (AvgIpc) is 2.03. The van der Waals surface area contributed by atoms with Gasteiger partial charge in [0.05, 0.1) is 0 Å². The summed E-state index contributed by atoms with van der Waals surface area (Å²) in [6.45, 7) is 2.17. The molecule has 0 bridgehead atoms. The molecule has 0 radical (unpaired) electrons. The van der Waals surface area contributed by atoms with Crippen LogP contribution in [0.1, 0.15) is 32.6 Å². The van der Waals surface area contributed by atoms with Crippen LogP contribution in [-0.2, 0) is 21.1 Å². The minimum Gasteiger partial charge on any atom is -0.652 e. The van der Waals surface area contributed by atoms with E-state index in [-0.39, 0.29) is 21.1 Å². The fourth-order valence-corrected chi connectivity index (χ4v) is 0.496. The number of rotatable bonds is 4. The van der Waals surface area contributed by atoms with E-state index in [4.69, 9.17) is 35.4 Å². The second-order valence-corrected chi connectivity index (χ2v) is 2.20. The van der Waals surface area contributed by atoms with Gasteiger partial charge in [-0.1, -0.05) is 19.8 Å². The van der Waals surface area contributed by atoms with E-state index in [1.807, 2.05) is 0 Å². The van der Waals surface area contributed by atoms with Gasteiger partial charge in [0.1, 0.15) is 0 Å². The van der Waals surface area contributed by atoms with Gasteiger partial charge < -0.3 is 35.4 Å². The molecule has 7 nitrogen and oxygen atoms in total. The standard InChI is InChI=1S/C6H13N.2CH2O3.Pt/c1-2-3-4-5-6-7;2*2-1(3)4;/h6-7H,2-5H2,1H3;2*(H2,2,3,4);/q;;;+4/p-4. The summed E-state index contributed by atoms with van der Waals surface area (Å²) in [6.07, 6.45) is 1.51. The first kappa shape index (κ1) is 24.2. The third kappa shape index (κ3) is 217. The molecule has 0 aromatic rings. The molecule has 0 aliphatic carbocycles. The Bertz CT molecular complexity index is 156. The Kier molecular flexibility index (Phi) is 35.7. The van der Waals surface area contributed by atoms with E-state index in [9.17, 15) is 0 Å². The molecule has 0 atom stereocenters. The van der Waals surface area contributed by atoms with Crippen LogP contribution in [0.3, 0.4) is 0 Å². The summed E-state index contributed by atoms with van der Waals surface area (Å²) in [5.41, 5.74) is 0. The van der Waals surface area contributed by atoms with Crippen LogP contribution >= 0.6 is 0 Å². The van der Waals surface area contributed by atoms with Crippen molar-refractivity contribution >= 4 is 18.5 Å². The van der Waals surface area contributed by atoms with E-state index in [2.05, 4.69) is 6.92 Å². The predicted molar refractivity (Wildman–Crippen MR) is 43.7 cm³/mol. The number of unbranched alkanes of at least 4 members (excludes halogenated alkanes) is 3. The van der Waals surface area contributed by atoms with Crippen LogP contribution in [0.2, 0.25) is 0 Å². The van der Waals surface area contributed by atoms with Crippen LogP contribution < -0.4 is 20.4 Å². The molecule has 0 spiro atoms. The molecule has 0 amide bonds. The first-order valence-corrected chi connectivity index (χ1v) is 4.13. The van der Waals surface area contributed by atoms with Gasteiger partial charge in [-0.25, -0.2) is 0 Å². The number of nitrogens with one attached hydrogen (secondary N) is 1. The molecule has 0 aliphatic rings. The molecule has 0 unspecified atom stereocenters. The Morgan fingerprint density at radius 1 is 1.06 bits per heavy atom. The van der Waals surface area contributed by atoms with E-state index in [1.54, 1.807) is 0 Å². The van der Waals surface area contributed by atoms with Gasteiger partial charge in [-0.15, -0.1) is 0 Å². The first-order chi connectivity index (χ1) is 6.88. The summed E-state index contributed by atoms with van der Waals surface area (Å²) in [5, 5.41) is 40.0. The van der Waals surface area contributed by atoms with Crippen LogP contribution in [0, 0.1) is 5.41 Å². The number of hydrogen-bond acceptors (Lipinski definition) is 7. The average molecular weight is 414 g/mol. The fourth-order valence-electron chi connectivity index (χ4n) is 0.496. The van der Waals surface area contributed by atoms with E-state index >= 15 is 0 Å². The molecule has 0 saturated heterocycles. The van der Waals surface area contributed by atoms with E-state index in [1.165, 1.54) is 25.5 Å². The largest absolute Gasteiger partial charge is 4.00 e. The summed E-state index contributed by atoms with van der Waals surface area (Å²) in [5.74, 6) is 0. The molecule has 1 N–H and O–H groups in total. The molecule has 0 saturated carbocycles. The molecule has 0 aliphatic heterocycles. The zero-order chi connectivity index (χ0) is 12.7. The second-order valence-electron chi connectivity index (χ2n) is 2.20. The maximum atomic E-state index is 8.33. The predicted octanol–water partition coefficient (Wildman–Crippen LogP) is -2.68. The Morgan fingerprint density at radius 2 is 1.38 bits per heavy atom. The smallest absolute Gasteiger partial charge is 0.652 e. The van der Waals surface area contributed by atoms with Gasteiger partial charge in [-0.3, -0.25) is 0 Å². The third-order valence-electron chi connectivity index (χ3n) is 0.952. The molecule has 0 fully saturated rings. The summed E-state index contributed by atoms with van der Waals surface area (Å²) in [6, 6.07) is 0. The fraction of sp³-hybridized carbons (Fsp3) is 0.625. The van der Waals surface area contributed by atoms with Crippen molar-refractivity contribution in [3.8, 4) is 0 Å². The van der Waals surface area contributed by atoms with Crippen molar-refractivity contribution in [1.29, 1.82) is 5.41 Å². The van der Waals surface area contributed by atoms with Gasteiger partial charge >= 0.3 is 21.1 Å². The topological polar surface area (TPSA) is 150 Å². The van der Waals surface area contributed by atoms with Crippen molar-refractivity contribution in [2.24, 2.45) is 0 Å². The van der Waals surface area contributed by atoms with E-state index in [0.29, 0.717) is 0 Å². The Balaban J connectivity index is -0.0000000700. The maximum absolute atomic E-state index is 8.33. The zero-order valence-corrected chi connectivity index (χ0v) is 10.9. The monoisotopic (exact) mass is 414 g/mol. The summed E-state index contributed by atoms with van der Waals surface area (Å²) in [7, 11) is 0. The SMILES string of the molecule is CCCCCC=N.O=C([O-])[O-].O=C([O-])[O-].[Pt+4]. The van der Waals surface area contributed by atoms with Crippen molar-refractivity contribution < 1.29 is 51.1 Å². The van der Waals surface area contributed by atoms with Gasteiger partial charge in [0.15, 0.2) is 0 Å². The molecule has 0 aromatic heterocycles. The van der Waals surface area contributed by atoms with Crippen molar-refractivity contribution in [2.45, 2.75) is 32.6 Å². The van der Waals surface area contributed by atoms with Crippen LogP contribution in [0.4, 0.5) is 9.59 Å². The van der Waals surface area contributed by atoms with Gasteiger partial charge in [-0.2, -0.15) is 0 Å². The molecule has 0 heterocycles. The zero-order valence-electron chi connectivity index (χ0n) is 8.67. The quantitative estimate of drug-likeness (QED) is 0.391. The number of carbonyl (C=O) groups excluding carboxylic acids is 2. The number of carboxylic acid groups (broad SMARTS) is 4. The summed E-state index contributed by atoms with van der Waals surface area (Å²) in [4.78, 5) is 16.7. The Hall–Kier alpha value is -1.10. The van der Waals surface area contributed by atoms with Gasteiger partial charge in [0, 0.05) is 0 Å². The van der Waals surface area contributed by atoms with Gasteiger partial charge in [0.25, 0.3) is 0 Å². The summed E-state index contributed by atoms with van der Waals surface area (Å²) >= 11 is 0.